The van der Waals surface area contributed by atoms with Crippen LogP contribution in [0.2, 0.25) is 0 Å². The van der Waals surface area contributed by atoms with Crippen molar-refractivity contribution >= 4 is 6.09 Å². The van der Waals surface area contributed by atoms with Crippen molar-refractivity contribution in [2.45, 2.75) is 77.6 Å². The molecule has 0 spiro atoms. The van der Waals surface area contributed by atoms with Gasteiger partial charge < -0.3 is 10.1 Å². The minimum atomic E-state index is -0.488. The maximum atomic E-state index is 12.4. The molecule has 1 aliphatic carbocycles. The summed E-state index contributed by atoms with van der Waals surface area (Å²) in [6, 6.07) is 21.6. The van der Waals surface area contributed by atoms with Gasteiger partial charge in [0.15, 0.2) is 0 Å². The molecular formula is C27H38N2O2. The van der Waals surface area contributed by atoms with E-state index in [-0.39, 0.29) is 12.1 Å². The third-order valence-corrected chi connectivity index (χ3v) is 5.97. The predicted octanol–water partition coefficient (Wildman–Crippen LogP) is 6.16. The van der Waals surface area contributed by atoms with Gasteiger partial charge in [-0.05, 0) is 50.7 Å². The smallest absolute Gasteiger partial charge is 0.407 e. The van der Waals surface area contributed by atoms with E-state index in [1.165, 1.54) is 43.2 Å². The summed E-state index contributed by atoms with van der Waals surface area (Å²) >= 11 is 0. The van der Waals surface area contributed by atoms with E-state index >= 15 is 0 Å². The number of ether oxygens (including phenoxy) is 1. The predicted molar refractivity (Wildman–Crippen MR) is 127 cm³/mol. The monoisotopic (exact) mass is 422 g/mol. The zero-order chi connectivity index (χ0) is 22.1. The van der Waals surface area contributed by atoms with Crippen LogP contribution < -0.4 is 5.32 Å². The number of nitrogens with zero attached hydrogens (tertiary/aromatic N) is 1. The van der Waals surface area contributed by atoms with Crippen molar-refractivity contribution in [1.29, 1.82) is 0 Å². The summed E-state index contributed by atoms with van der Waals surface area (Å²) < 4.78 is 5.52. The van der Waals surface area contributed by atoms with Crippen LogP contribution in [0.25, 0.3) is 0 Å². The molecular weight excluding hydrogens is 384 g/mol. The van der Waals surface area contributed by atoms with E-state index in [0.29, 0.717) is 12.5 Å². The average molecular weight is 423 g/mol. The second kappa shape index (κ2) is 11.3. The number of carbonyl (C=O) groups excluding carboxylic acids is 1. The fourth-order valence-corrected chi connectivity index (χ4v) is 4.54. The Morgan fingerprint density at radius 1 is 0.935 bits per heavy atom. The third kappa shape index (κ3) is 8.02. The summed E-state index contributed by atoms with van der Waals surface area (Å²) in [5.74, 6) is 0.580. The second-order valence-corrected chi connectivity index (χ2v) is 9.72. The van der Waals surface area contributed by atoms with Crippen LogP contribution in [0.15, 0.2) is 60.7 Å². The highest BCUT2D eigenvalue weighted by molar-refractivity contribution is 5.67. The molecule has 0 bridgehead atoms. The molecule has 0 aromatic heterocycles. The van der Waals surface area contributed by atoms with Gasteiger partial charge in [0.1, 0.15) is 5.60 Å². The standard InChI is InChI=1S/C27H38N2O2/c1-27(2,3)31-26(30)28-19-25(24-17-11-6-12-18-24)29(20-22-13-7-4-8-14-22)21-23-15-9-5-10-16-23/h4-5,7-10,13-16,24-25H,6,11-12,17-21H2,1-3H3,(H,28,30)/t25-/m1/s1. The van der Waals surface area contributed by atoms with Crippen molar-refractivity contribution in [1.82, 2.24) is 10.2 Å². The lowest BCUT2D eigenvalue weighted by Crippen LogP contribution is -2.48. The largest absolute Gasteiger partial charge is 0.444 e. The first-order valence-electron chi connectivity index (χ1n) is 11.7. The van der Waals surface area contributed by atoms with Crippen LogP contribution in [0.3, 0.4) is 0 Å². The Hall–Kier alpha value is -2.33. The summed E-state index contributed by atoms with van der Waals surface area (Å²) in [7, 11) is 0. The number of hydrogen-bond acceptors (Lipinski definition) is 3. The molecule has 0 radical (unpaired) electrons. The van der Waals surface area contributed by atoms with Crippen molar-refractivity contribution in [3.63, 3.8) is 0 Å². The maximum Gasteiger partial charge on any atom is 0.407 e. The van der Waals surface area contributed by atoms with Crippen molar-refractivity contribution in [2.75, 3.05) is 6.54 Å². The van der Waals surface area contributed by atoms with Gasteiger partial charge in [0, 0.05) is 25.7 Å². The minimum Gasteiger partial charge on any atom is -0.444 e. The highest BCUT2D eigenvalue weighted by atomic mass is 16.6. The van der Waals surface area contributed by atoms with Gasteiger partial charge in [0.05, 0.1) is 0 Å². The van der Waals surface area contributed by atoms with Crippen LogP contribution in [0.5, 0.6) is 0 Å². The molecule has 1 N–H and O–H groups in total. The van der Waals surface area contributed by atoms with Crippen molar-refractivity contribution < 1.29 is 9.53 Å². The third-order valence-electron chi connectivity index (χ3n) is 5.97. The number of amides is 1. The van der Waals surface area contributed by atoms with Crippen LogP contribution >= 0.6 is 0 Å². The average Bonchev–Trinajstić information content (AvgIpc) is 2.75. The lowest BCUT2D eigenvalue weighted by molar-refractivity contribution is 0.0465. The van der Waals surface area contributed by atoms with Crippen LogP contribution in [-0.2, 0) is 17.8 Å². The first-order valence-corrected chi connectivity index (χ1v) is 11.7. The van der Waals surface area contributed by atoms with Crippen LogP contribution in [0, 0.1) is 5.92 Å². The number of carbonyl (C=O) groups is 1. The molecule has 1 atom stereocenters. The lowest BCUT2D eigenvalue weighted by atomic mass is 9.82. The summed E-state index contributed by atoms with van der Waals surface area (Å²) in [6.07, 6.45) is 5.99. The molecule has 1 saturated carbocycles. The number of nitrogens with one attached hydrogen (secondary N) is 1. The van der Waals surface area contributed by atoms with E-state index in [1.807, 2.05) is 20.8 Å². The van der Waals surface area contributed by atoms with Gasteiger partial charge in [-0.2, -0.15) is 0 Å². The van der Waals surface area contributed by atoms with E-state index in [1.54, 1.807) is 0 Å². The molecule has 2 aromatic carbocycles. The van der Waals surface area contributed by atoms with Gasteiger partial charge in [-0.1, -0.05) is 79.9 Å². The fraction of sp³-hybridized carbons (Fsp3) is 0.519. The normalized spacial score (nSPS) is 16.1. The van der Waals surface area contributed by atoms with Gasteiger partial charge in [-0.15, -0.1) is 0 Å². The van der Waals surface area contributed by atoms with E-state index in [2.05, 4.69) is 70.9 Å². The molecule has 1 amide bonds. The fourth-order valence-electron chi connectivity index (χ4n) is 4.54. The molecule has 0 unspecified atom stereocenters. The minimum absolute atomic E-state index is 0.272. The molecule has 4 heteroatoms. The molecule has 168 valence electrons. The van der Waals surface area contributed by atoms with E-state index < -0.39 is 5.60 Å². The molecule has 31 heavy (non-hydrogen) atoms. The highest BCUT2D eigenvalue weighted by Crippen LogP contribution is 2.30. The van der Waals surface area contributed by atoms with Crippen LogP contribution in [-0.4, -0.2) is 29.2 Å². The molecule has 1 fully saturated rings. The maximum absolute atomic E-state index is 12.4. The molecule has 4 nitrogen and oxygen atoms in total. The second-order valence-electron chi connectivity index (χ2n) is 9.72. The van der Waals surface area contributed by atoms with Gasteiger partial charge >= 0.3 is 6.09 Å². The Morgan fingerprint density at radius 2 is 1.45 bits per heavy atom. The zero-order valence-corrected chi connectivity index (χ0v) is 19.3. The van der Waals surface area contributed by atoms with E-state index in [9.17, 15) is 4.79 Å². The van der Waals surface area contributed by atoms with Crippen molar-refractivity contribution in [3.8, 4) is 0 Å². The number of alkyl carbamates (subject to hydrolysis) is 1. The summed E-state index contributed by atoms with van der Waals surface area (Å²) in [5.41, 5.74) is 2.12. The van der Waals surface area contributed by atoms with Crippen molar-refractivity contribution in [2.24, 2.45) is 5.92 Å². The Bertz CT molecular complexity index is 738. The molecule has 0 aliphatic heterocycles. The SMILES string of the molecule is CC(C)(C)OC(=O)NC[C@H](C1CCCCC1)N(Cc1ccccc1)Cc1ccccc1. The van der Waals surface area contributed by atoms with E-state index in [4.69, 9.17) is 4.74 Å². The Balaban J connectivity index is 1.80. The Morgan fingerprint density at radius 3 is 1.94 bits per heavy atom. The summed E-state index contributed by atoms with van der Waals surface area (Å²) in [6.45, 7) is 8.06. The Labute approximate surface area is 188 Å². The molecule has 1 aliphatic rings. The van der Waals surface area contributed by atoms with Crippen LogP contribution in [0.4, 0.5) is 4.79 Å². The summed E-state index contributed by atoms with van der Waals surface area (Å²) in [4.78, 5) is 15.0. The van der Waals surface area contributed by atoms with Gasteiger partial charge in [0.25, 0.3) is 0 Å². The van der Waals surface area contributed by atoms with E-state index in [0.717, 1.165) is 13.1 Å². The number of rotatable bonds is 8. The molecule has 0 heterocycles. The number of hydrogen-bond donors (Lipinski definition) is 1. The molecule has 2 aromatic rings. The first-order chi connectivity index (χ1) is 14.9. The summed E-state index contributed by atoms with van der Waals surface area (Å²) in [5, 5.41) is 3.09. The van der Waals surface area contributed by atoms with Crippen LogP contribution in [0.1, 0.15) is 64.0 Å². The topological polar surface area (TPSA) is 41.6 Å². The molecule has 0 saturated heterocycles. The quantitative estimate of drug-likeness (QED) is 0.554. The lowest BCUT2D eigenvalue weighted by Gasteiger charge is -2.39. The Kier molecular flexibility index (Phi) is 8.53. The first kappa shape index (κ1) is 23.3. The van der Waals surface area contributed by atoms with Gasteiger partial charge in [-0.25, -0.2) is 4.79 Å². The molecule has 3 rings (SSSR count). The zero-order valence-electron chi connectivity index (χ0n) is 19.3. The van der Waals surface area contributed by atoms with Gasteiger partial charge in [-0.3, -0.25) is 4.90 Å². The number of benzene rings is 2. The highest BCUT2D eigenvalue weighted by Gasteiger charge is 2.30. The van der Waals surface area contributed by atoms with Gasteiger partial charge in [0.2, 0.25) is 0 Å². The van der Waals surface area contributed by atoms with Crippen molar-refractivity contribution in [3.05, 3.63) is 71.8 Å².